The summed E-state index contributed by atoms with van der Waals surface area (Å²) in [6, 6.07) is 17.0. The Morgan fingerprint density at radius 2 is 2.03 bits per heavy atom. The fourth-order valence-corrected chi connectivity index (χ4v) is 3.56. The van der Waals surface area contributed by atoms with Crippen molar-refractivity contribution in [2.75, 3.05) is 5.75 Å². The first-order valence-corrected chi connectivity index (χ1v) is 10.7. The van der Waals surface area contributed by atoms with Crippen LogP contribution in [0.5, 0.6) is 0 Å². The lowest BCUT2D eigenvalue weighted by atomic mass is 10.1. The summed E-state index contributed by atoms with van der Waals surface area (Å²) in [6.45, 7) is 0. The molecule has 0 atom stereocenters. The number of hydrogen-bond acceptors (Lipinski definition) is 9. The number of nitro groups is 1. The number of benzene rings is 2. The Morgan fingerprint density at radius 1 is 1.21 bits per heavy atom. The van der Waals surface area contributed by atoms with Gasteiger partial charge in [0.1, 0.15) is 16.5 Å². The lowest BCUT2D eigenvalue weighted by Crippen LogP contribution is -2.20. The van der Waals surface area contributed by atoms with Crippen LogP contribution in [-0.2, 0) is 4.79 Å². The first-order valence-electron chi connectivity index (χ1n) is 9.34. The Labute approximate surface area is 195 Å². The molecule has 0 aliphatic heterocycles. The highest BCUT2D eigenvalue weighted by Gasteiger charge is 2.15. The molecular weight excluding hydrogens is 470 g/mol. The molecule has 1 N–H and O–H groups in total. The van der Waals surface area contributed by atoms with Gasteiger partial charge in [-0.05, 0) is 46.6 Å². The minimum Gasteiger partial charge on any atom is -0.455 e. The van der Waals surface area contributed by atoms with E-state index in [0.29, 0.717) is 22.9 Å². The van der Waals surface area contributed by atoms with Crippen LogP contribution in [0.4, 0.5) is 5.69 Å². The maximum atomic E-state index is 12.1. The quantitative estimate of drug-likeness (QED) is 0.226. The van der Waals surface area contributed by atoms with E-state index >= 15 is 0 Å². The van der Waals surface area contributed by atoms with Gasteiger partial charge in [0.15, 0.2) is 5.82 Å². The molecule has 1 amide bonds. The number of nitrogens with zero attached hydrogens (tertiary/aromatic N) is 6. The third-order valence-electron chi connectivity index (χ3n) is 4.23. The smallest absolute Gasteiger partial charge is 0.288 e. The number of nitrogens with one attached hydrogen (secondary N) is 1. The average molecular weight is 484 g/mol. The van der Waals surface area contributed by atoms with Crippen LogP contribution in [0.1, 0.15) is 5.76 Å². The molecule has 13 heteroatoms. The highest BCUT2D eigenvalue weighted by atomic mass is 35.5. The van der Waals surface area contributed by atoms with E-state index in [1.165, 1.54) is 22.4 Å². The van der Waals surface area contributed by atoms with Gasteiger partial charge in [0.2, 0.25) is 0 Å². The van der Waals surface area contributed by atoms with Gasteiger partial charge in [-0.15, -0.1) is 5.10 Å². The number of halogens is 1. The Balaban J connectivity index is 1.33. The second-order valence-corrected chi connectivity index (χ2v) is 7.73. The first-order chi connectivity index (χ1) is 16.0. The third kappa shape index (κ3) is 5.42. The Hall–Kier alpha value is -4.03. The SMILES string of the molecule is O=C(CSn1nnnc1-c1ccccc1)N/N=C\c1ccc(-c2ccc(Cl)c([N+](=O)[O-])c2)o1. The zero-order valence-corrected chi connectivity index (χ0v) is 18.2. The van der Waals surface area contributed by atoms with E-state index in [9.17, 15) is 14.9 Å². The minimum atomic E-state index is -0.567. The second kappa shape index (κ2) is 10.1. The van der Waals surface area contributed by atoms with Crippen molar-refractivity contribution < 1.29 is 14.1 Å². The molecule has 0 unspecified atom stereocenters. The van der Waals surface area contributed by atoms with Crippen LogP contribution in [0.25, 0.3) is 22.7 Å². The number of furan rings is 1. The van der Waals surface area contributed by atoms with Crippen molar-refractivity contribution in [3.05, 3.63) is 81.6 Å². The van der Waals surface area contributed by atoms with Crippen molar-refractivity contribution in [1.82, 2.24) is 25.0 Å². The van der Waals surface area contributed by atoms with Crippen molar-refractivity contribution in [1.29, 1.82) is 0 Å². The lowest BCUT2D eigenvalue weighted by molar-refractivity contribution is -0.384. The van der Waals surface area contributed by atoms with E-state index in [1.54, 1.807) is 18.2 Å². The van der Waals surface area contributed by atoms with Gasteiger partial charge in [-0.2, -0.15) is 9.19 Å². The van der Waals surface area contributed by atoms with Gasteiger partial charge in [-0.1, -0.05) is 41.9 Å². The number of carbonyl (C=O) groups is 1. The third-order valence-corrected chi connectivity index (χ3v) is 5.43. The molecule has 2 aromatic heterocycles. The predicted octanol–water partition coefficient (Wildman–Crippen LogP) is 3.81. The van der Waals surface area contributed by atoms with Gasteiger partial charge in [0, 0.05) is 17.2 Å². The fourth-order valence-electron chi connectivity index (χ4n) is 2.72. The average Bonchev–Trinajstić information content (AvgIpc) is 3.48. The normalized spacial score (nSPS) is 11.1. The van der Waals surface area contributed by atoms with E-state index in [4.69, 9.17) is 16.0 Å². The van der Waals surface area contributed by atoms with Gasteiger partial charge < -0.3 is 4.42 Å². The largest absolute Gasteiger partial charge is 0.455 e. The highest BCUT2D eigenvalue weighted by molar-refractivity contribution is 7.98. The number of tetrazole rings is 1. The summed E-state index contributed by atoms with van der Waals surface area (Å²) in [7, 11) is 0. The number of rotatable bonds is 8. The monoisotopic (exact) mass is 483 g/mol. The zero-order valence-electron chi connectivity index (χ0n) is 16.7. The molecule has 4 aromatic rings. The molecule has 11 nitrogen and oxygen atoms in total. The predicted molar refractivity (Wildman–Crippen MR) is 123 cm³/mol. The molecule has 33 heavy (non-hydrogen) atoms. The summed E-state index contributed by atoms with van der Waals surface area (Å²) in [4.78, 5) is 22.6. The van der Waals surface area contributed by atoms with Crippen molar-refractivity contribution in [3.8, 4) is 22.7 Å². The van der Waals surface area contributed by atoms with Crippen LogP contribution in [0.2, 0.25) is 5.02 Å². The van der Waals surface area contributed by atoms with E-state index in [0.717, 1.165) is 17.5 Å². The number of hydrogen-bond donors (Lipinski definition) is 1. The molecule has 0 radical (unpaired) electrons. The number of carbonyl (C=O) groups excluding carboxylic acids is 1. The minimum absolute atomic E-state index is 0.0278. The van der Waals surface area contributed by atoms with Gasteiger partial charge >= 0.3 is 0 Å². The Morgan fingerprint density at radius 3 is 2.82 bits per heavy atom. The summed E-state index contributed by atoms with van der Waals surface area (Å²) < 4.78 is 7.07. The Bertz CT molecular complexity index is 1320. The van der Waals surface area contributed by atoms with E-state index in [2.05, 4.69) is 26.1 Å². The molecule has 166 valence electrons. The van der Waals surface area contributed by atoms with E-state index in [-0.39, 0.29) is 22.4 Å². The molecule has 0 saturated carbocycles. The molecular formula is C20H14ClN7O4S. The van der Waals surface area contributed by atoms with Crippen LogP contribution in [0.15, 0.2) is 70.2 Å². The van der Waals surface area contributed by atoms with Crippen molar-refractivity contribution >= 4 is 41.4 Å². The first kappa shape index (κ1) is 22.2. The summed E-state index contributed by atoms with van der Waals surface area (Å²) in [6.07, 6.45) is 1.32. The van der Waals surface area contributed by atoms with Gasteiger partial charge in [0.25, 0.3) is 11.6 Å². The van der Waals surface area contributed by atoms with Crippen molar-refractivity contribution in [2.45, 2.75) is 0 Å². The summed E-state index contributed by atoms with van der Waals surface area (Å²) in [5.74, 6) is 0.931. The van der Waals surface area contributed by atoms with Crippen molar-refractivity contribution in [3.63, 3.8) is 0 Å². The van der Waals surface area contributed by atoms with Crippen molar-refractivity contribution in [2.24, 2.45) is 5.10 Å². The van der Waals surface area contributed by atoms with E-state index < -0.39 is 4.92 Å². The molecule has 2 heterocycles. The maximum absolute atomic E-state index is 12.1. The molecule has 0 bridgehead atoms. The fraction of sp³-hybridized carbons (Fsp3) is 0.0500. The molecule has 0 saturated heterocycles. The van der Waals surface area contributed by atoms with Crippen LogP contribution in [0.3, 0.4) is 0 Å². The summed E-state index contributed by atoms with van der Waals surface area (Å²) in [5.41, 5.74) is 3.49. The van der Waals surface area contributed by atoms with Gasteiger partial charge in [0.05, 0.1) is 16.9 Å². The van der Waals surface area contributed by atoms with Crippen LogP contribution in [-0.4, -0.2) is 42.4 Å². The topological polar surface area (TPSA) is 141 Å². The molecule has 2 aromatic carbocycles. The molecule has 0 fully saturated rings. The van der Waals surface area contributed by atoms with Crippen LogP contribution >= 0.6 is 23.5 Å². The zero-order chi connectivity index (χ0) is 23.2. The summed E-state index contributed by atoms with van der Waals surface area (Å²) in [5, 5.41) is 26.5. The lowest BCUT2D eigenvalue weighted by Gasteiger charge is -2.02. The summed E-state index contributed by atoms with van der Waals surface area (Å²) >= 11 is 6.95. The van der Waals surface area contributed by atoms with Crippen LogP contribution < -0.4 is 5.43 Å². The molecule has 4 rings (SSSR count). The maximum Gasteiger partial charge on any atom is 0.288 e. The van der Waals surface area contributed by atoms with Gasteiger partial charge in [-0.25, -0.2) is 5.43 Å². The number of hydrazone groups is 1. The van der Waals surface area contributed by atoms with Gasteiger partial charge in [-0.3, -0.25) is 14.9 Å². The highest BCUT2D eigenvalue weighted by Crippen LogP contribution is 2.31. The van der Waals surface area contributed by atoms with Crippen LogP contribution in [0, 0.1) is 10.1 Å². The molecule has 0 spiro atoms. The second-order valence-electron chi connectivity index (χ2n) is 6.43. The molecule has 0 aliphatic rings. The molecule has 0 aliphatic carbocycles. The number of aromatic nitrogens is 4. The standard InChI is InChI=1S/C20H14ClN7O4S/c21-16-8-6-14(10-17(16)28(30)31)18-9-7-15(32-18)11-22-23-19(29)12-33-27-20(24-25-26-27)13-4-2-1-3-5-13/h1-11H,12H2,(H,23,29)/b22-11-. The van der Waals surface area contributed by atoms with E-state index in [1.807, 2.05) is 30.3 Å². The number of amides is 1. The Kier molecular flexibility index (Phi) is 6.76. The number of nitro benzene ring substituents is 1.